The van der Waals surface area contributed by atoms with Gasteiger partial charge in [-0.3, -0.25) is 4.79 Å². The first-order valence-electron chi connectivity index (χ1n) is 6.99. The molecular weight excluding hydrogens is 356 g/mol. The van der Waals surface area contributed by atoms with Crippen LogP contribution in [-0.4, -0.2) is 19.1 Å². The Morgan fingerprint density at radius 2 is 2.14 bits per heavy atom. The number of benzene rings is 1. The number of anilines is 1. The predicted octanol–water partition coefficient (Wildman–Crippen LogP) is 3.73. The number of methoxy groups -OCH3 is 1. The number of hydrogen-bond donors (Lipinski definition) is 2. The van der Waals surface area contributed by atoms with Gasteiger partial charge >= 0.3 is 0 Å². The fourth-order valence-electron chi connectivity index (χ4n) is 2.68. The van der Waals surface area contributed by atoms with E-state index >= 15 is 0 Å². The second-order valence-corrected chi connectivity index (χ2v) is 6.16. The molecule has 3 N–H and O–H groups in total. The molecule has 1 aliphatic carbocycles. The number of rotatable bonds is 4. The number of carbonyl (C=O) groups is 1. The standard InChI is InChI=1S/C15H21BrN2O2.ClH/c1-20-14-7-6-11(9-12(14)16)18-15(19)8-10-4-2-3-5-13(10)17;/h6-7,9-10,13H,2-5,8,17H2,1H3,(H,18,19);1H. The SMILES string of the molecule is COc1ccc(NC(=O)CC2CCCCC2N)cc1Br.Cl. The Balaban J connectivity index is 0.00000220. The zero-order chi connectivity index (χ0) is 14.5. The van der Waals surface area contributed by atoms with E-state index in [4.69, 9.17) is 10.5 Å². The van der Waals surface area contributed by atoms with Gasteiger partial charge in [-0.1, -0.05) is 12.8 Å². The Hall–Kier alpha value is -0.780. The maximum Gasteiger partial charge on any atom is 0.224 e. The van der Waals surface area contributed by atoms with Crippen molar-refractivity contribution in [2.75, 3.05) is 12.4 Å². The number of nitrogens with one attached hydrogen (secondary N) is 1. The molecule has 2 unspecified atom stereocenters. The average Bonchev–Trinajstić information content (AvgIpc) is 2.41. The summed E-state index contributed by atoms with van der Waals surface area (Å²) >= 11 is 3.41. The molecule has 0 radical (unpaired) electrons. The molecule has 0 aromatic heterocycles. The van der Waals surface area contributed by atoms with E-state index in [1.54, 1.807) is 7.11 Å². The van der Waals surface area contributed by atoms with Gasteiger partial charge in [0.1, 0.15) is 5.75 Å². The first-order chi connectivity index (χ1) is 9.60. The van der Waals surface area contributed by atoms with Crippen LogP contribution >= 0.6 is 28.3 Å². The van der Waals surface area contributed by atoms with Crippen LogP contribution in [0.25, 0.3) is 0 Å². The van der Waals surface area contributed by atoms with Crippen LogP contribution in [0.2, 0.25) is 0 Å². The lowest BCUT2D eigenvalue weighted by Crippen LogP contribution is -2.35. The minimum absolute atomic E-state index is 0. The summed E-state index contributed by atoms with van der Waals surface area (Å²) in [5.41, 5.74) is 6.85. The molecular formula is C15H22BrClN2O2. The molecule has 2 atom stereocenters. The van der Waals surface area contributed by atoms with E-state index in [-0.39, 0.29) is 24.4 Å². The molecule has 1 aliphatic rings. The van der Waals surface area contributed by atoms with E-state index in [0.717, 1.165) is 28.8 Å². The number of nitrogens with two attached hydrogens (primary N) is 1. The van der Waals surface area contributed by atoms with Crippen LogP contribution in [0.3, 0.4) is 0 Å². The van der Waals surface area contributed by atoms with Gasteiger partial charge in [0.15, 0.2) is 0 Å². The summed E-state index contributed by atoms with van der Waals surface area (Å²) in [6.45, 7) is 0. The Kier molecular flexibility index (Phi) is 7.49. The first-order valence-corrected chi connectivity index (χ1v) is 7.78. The van der Waals surface area contributed by atoms with Crippen molar-refractivity contribution in [3.63, 3.8) is 0 Å². The van der Waals surface area contributed by atoms with Crippen LogP contribution in [0.15, 0.2) is 22.7 Å². The highest BCUT2D eigenvalue weighted by atomic mass is 79.9. The lowest BCUT2D eigenvalue weighted by molar-refractivity contribution is -0.117. The molecule has 0 bridgehead atoms. The van der Waals surface area contributed by atoms with Crippen molar-refractivity contribution in [3.8, 4) is 5.75 Å². The van der Waals surface area contributed by atoms with Crippen molar-refractivity contribution < 1.29 is 9.53 Å². The van der Waals surface area contributed by atoms with Gasteiger partial charge in [-0.15, -0.1) is 12.4 Å². The molecule has 4 nitrogen and oxygen atoms in total. The van der Waals surface area contributed by atoms with Crippen molar-refractivity contribution in [3.05, 3.63) is 22.7 Å². The van der Waals surface area contributed by atoms with E-state index in [2.05, 4.69) is 21.2 Å². The zero-order valence-electron chi connectivity index (χ0n) is 12.1. The third-order valence-corrected chi connectivity index (χ3v) is 4.47. The first kappa shape index (κ1) is 18.3. The van der Waals surface area contributed by atoms with Gasteiger partial charge in [-0.25, -0.2) is 0 Å². The second kappa shape index (κ2) is 8.61. The minimum Gasteiger partial charge on any atom is -0.496 e. The zero-order valence-corrected chi connectivity index (χ0v) is 14.5. The van der Waals surface area contributed by atoms with Gasteiger partial charge in [-0.05, 0) is 52.9 Å². The van der Waals surface area contributed by atoms with Crippen molar-refractivity contribution in [2.45, 2.75) is 38.1 Å². The number of amides is 1. The monoisotopic (exact) mass is 376 g/mol. The van der Waals surface area contributed by atoms with Crippen LogP contribution in [0.4, 0.5) is 5.69 Å². The maximum absolute atomic E-state index is 12.1. The molecule has 21 heavy (non-hydrogen) atoms. The summed E-state index contributed by atoms with van der Waals surface area (Å²) in [5, 5.41) is 2.92. The quantitative estimate of drug-likeness (QED) is 0.840. The third-order valence-electron chi connectivity index (χ3n) is 3.85. The van der Waals surface area contributed by atoms with Crippen molar-refractivity contribution in [2.24, 2.45) is 11.7 Å². The summed E-state index contributed by atoms with van der Waals surface area (Å²) in [6.07, 6.45) is 4.96. The topological polar surface area (TPSA) is 64.3 Å². The number of ether oxygens (including phenoxy) is 1. The smallest absolute Gasteiger partial charge is 0.224 e. The van der Waals surface area contributed by atoms with E-state index in [9.17, 15) is 4.79 Å². The highest BCUT2D eigenvalue weighted by molar-refractivity contribution is 9.10. The van der Waals surface area contributed by atoms with Gasteiger partial charge in [0.25, 0.3) is 0 Å². The van der Waals surface area contributed by atoms with Crippen LogP contribution in [0.5, 0.6) is 5.75 Å². The molecule has 6 heteroatoms. The van der Waals surface area contributed by atoms with Gasteiger partial charge < -0.3 is 15.8 Å². The van der Waals surface area contributed by atoms with Crippen molar-refractivity contribution in [1.29, 1.82) is 0 Å². The summed E-state index contributed by atoms with van der Waals surface area (Å²) in [7, 11) is 1.61. The second-order valence-electron chi connectivity index (χ2n) is 5.31. The molecule has 0 aliphatic heterocycles. The molecule has 0 saturated heterocycles. The third kappa shape index (κ3) is 5.16. The molecule has 1 fully saturated rings. The number of carbonyl (C=O) groups excluding carboxylic acids is 1. The molecule has 1 aromatic carbocycles. The fourth-order valence-corrected chi connectivity index (χ4v) is 3.22. The van der Waals surface area contributed by atoms with E-state index < -0.39 is 0 Å². The number of hydrogen-bond acceptors (Lipinski definition) is 3. The summed E-state index contributed by atoms with van der Waals surface area (Å²) in [5.74, 6) is 1.09. The summed E-state index contributed by atoms with van der Waals surface area (Å²) in [6, 6.07) is 5.67. The van der Waals surface area contributed by atoms with Crippen molar-refractivity contribution >= 4 is 39.9 Å². The van der Waals surface area contributed by atoms with Crippen molar-refractivity contribution in [1.82, 2.24) is 0 Å². The maximum atomic E-state index is 12.1. The molecule has 2 rings (SSSR count). The Labute approximate surface area is 140 Å². The normalized spacial score (nSPS) is 21.3. The Morgan fingerprint density at radius 3 is 2.76 bits per heavy atom. The summed E-state index contributed by atoms with van der Waals surface area (Å²) < 4.78 is 5.99. The molecule has 0 spiro atoms. The molecule has 118 valence electrons. The minimum atomic E-state index is 0. The lowest BCUT2D eigenvalue weighted by atomic mass is 9.83. The molecule has 1 aromatic rings. The Bertz CT molecular complexity index is 485. The van der Waals surface area contributed by atoms with E-state index in [0.29, 0.717) is 12.3 Å². The van der Waals surface area contributed by atoms with Gasteiger partial charge in [0, 0.05) is 18.2 Å². The highest BCUT2D eigenvalue weighted by Crippen LogP contribution is 2.29. The molecule has 1 amide bonds. The predicted molar refractivity (Wildman–Crippen MR) is 91.1 cm³/mol. The Morgan fingerprint density at radius 1 is 1.43 bits per heavy atom. The highest BCUT2D eigenvalue weighted by Gasteiger charge is 2.24. The van der Waals surface area contributed by atoms with Crippen LogP contribution < -0.4 is 15.8 Å². The average molecular weight is 378 g/mol. The van der Waals surface area contributed by atoms with Gasteiger partial charge in [0.05, 0.1) is 11.6 Å². The van der Waals surface area contributed by atoms with Crippen LogP contribution in [0, 0.1) is 5.92 Å². The van der Waals surface area contributed by atoms with Gasteiger partial charge in [0.2, 0.25) is 5.91 Å². The van der Waals surface area contributed by atoms with Gasteiger partial charge in [-0.2, -0.15) is 0 Å². The number of halogens is 2. The van der Waals surface area contributed by atoms with Crippen LogP contribution in [0.1, 0.15) is 32.1 Å². The molecule has 0 heterocycles. The lowest BCUT2D eigenvalue weighted by Gasteiger charge is -2.27. The van der Waals surface area contributed by atoms with E-state index in [1.165, 1.54) is 12.8 Å². The fraction of sp³-hybridized carbons (Fsp3) is 0.533. The van der Waals surface area contributed by atoms with Crippen LogP contribution in [-0.2, 0) is 4.79 Å². The van der Waals surface area contributed by atoms with E-state index in [1.807, 2.05) is 18.2 Å². The summed E-state index contributed by atoms with van der Waals surface area (Å²) in [4.78, 5) is 12.1. The largest absolute Gasteiger partial charge is 0.496 e. The molecule has 1 saturated carbocycles.